The van der Waals surface area contributed by atoms with Crippen LogP contribution in [0.1, 0.15) is 18.1 Å². The molecule has 0 aliphatic heterocycles. The second kappa shape index (κ2) is 5.06. The van der Waals surface area contributed by atoms with Gasteiger partial charge in [-0.15, -0.1) is 0 Å². The number of benzene rings is 1. The van der Waals surface area contributed by atoms with Crippen molar-refractivity contribution in [2.75, 3.05) is 5.32 Å². The molecule has 1 unspecified atom stereocenters. The minimum Gasteiger partial charge on any atom is -0.479 e. The van der Waals surface area contributed by atoms with E-state index in [-0.39, 0.29) is 0 Å². The molecule has 0 bridgehead atoms. The highest BCUT2D eigenvalue weighted by atomic mass is 16.4. The van der Waals surface area contributed by atoms with Gasteiger partial charge in [0, 0.05) is 12.4 Å². The summed E-state index contributed by atoms with van der Waals surface area (Å²) in [6.07, 6.45) is 3.28. The number of rotatable bonds is 4. The highest BCUT2D eigenvalue weighted by molar-refractivity contribution is 5.83. The summed E-state index contributed by atoms with van der Waals surface area (Å²) >= 11 is 0. The zero-order valence-corrected chi connectivity index (χ0v) is 10.8. The predicted molar refractivity (Wildman–Crippen MR) is 71.8 cm³/mol. The molecule has 0 radical (unpaired) electrons. The minimum absolute atomic E-state index is 0.291. The minimum atomic E-state index is -1.27. The number of carbonyl (C=O) groups is 1. The maximum Gasteiger partial charge on any atom is 0.333 e. The van der Waals surface area contributed by atoms with Crippen molar-refractivity contribution in [1.82, 2.24) is 9.97 Å². The molecule has 0 aliphatic carbocycles. The third kappa shape index (κ3) is 2.70. The van der Waals surface area contributed by atoms with Gasteiger partial charge in [0.2, 0.25) is 5.95 Å². The quantitative estimate of drug-likeness (QED) is 0.878. The van der Waals surface area contributed by atoms with Crippen LogP contribution in [0.15, 0.2) is 42.7 Å². The lowest BCUT2D eigenvalue weighted by Crippen LogP contribution is -2.41. The highest BCUT2D eigenvalue weighted by Crippen LogP contribution is 2.24. The van der Waals surface area contributed by atoms with E-state index in [0.29, 0.717) is 11.5 Å². The Morgan fingerprint density at radius 3 is 2.32 bits per heavy atom. The van der Waals surface area contributed by atoms with Crippen molar-refractivity contribution in [2.45, 2.75) is 19.4 Å². The Labute approximate surface area is 111 Å². The lowest BCUT2D eigenvalue weighted by atomic mass is 9.92. The number of nitrogens with one attached hydrogen (secondary N) is 1. The van der Waals surface area contributed by atoms with E-state index in [1.807, 2.05) is 13.0 Å². The molecule has 0 amide bonds. The first-order chi connectivity index (χ1) is 9.02. The van der Waals surface area contributed by atoms with Crippen LogP contribution in [0.25, 0.3) is 0 Å². The largest absolute Gasteiger partial charge is 0.479 e. The zero-order chi connectivity index (χ0) is 13.9. The van der Waals surface area contributed by atoms with Crippen LogP contribution in [0.5, 0.6) is 0 Å². The van der Waals surface area contributed by atoms with Crippen LogP contribution in [-0.2, 0) is 10.3 Å². The number of aromatic nitrogens is 2. The number of aliphatic carboxylic acids is 1. The molecule has 0 aliphatic rings. The Hall–Kier alpha value is -2.43. The standard InChI is InChI=1S/C14H15N3O2/c1-10-8-15-13(16-9-10)17-14(2,12(18)19)11-6-4-3-5-7-11/h3-9H,1-2H3,(H,18,19)(H,15,16,17). The molecule has 5 nitrogen and oxygen atoms in total. The van der Waals surface area contributed by atoms with Crippen LogP contribution in [0.2, 0.25) is 0 Å². The second-order valence-corrected chi connectivity index (χ2v) is 4.51. The molecule has 0 fully saturated rings. The summed E-state index contributed by atoms with van der Waals surface area (Å²) in [5.74, 6) is -0.692. The Morgan fingerprint density at radius 2 is 1.79 bits per heavy atom. The first kappa shape index (κ1) is 13.0. The summed E-state index contributed by atoms with van der Waals surface area (Å²) in [5.41, 5.74) is 0.297. The van der Waals surface area contributed by atoms with Crippen LogP contribution in [0.4, 0.5) is 5.95 Å². The summed E-state index contributed by atoms with van der Waals surface area (Å²) in [7, 11) is 0. The summed E-state index contributed by atoms with van der Waals surface area (Å²) in [6.45, 7) is 3.46. The van der Waals surface area contributed by atoms with E-state index in [0.717, 1.165) is 5.56 Å². The number of hydrogen-bond acceptors (Lipinski definition) is 4. The molecule has 19 heavy (non-hydrogen) atoms. The fourth-order valence-electron chi connectivity index (χ4n) is 1.70. The second-order valence-electron chi connectivity index (χ2n) is 4.51. The van der Waals surface area contributed by atoms with Gasteiger partial charge in [0.15, 0.2) is 5.54 Å². The molecule has 0 spiro atoms. The summed E-state index contributed by atoms with van der Waals surface area (Å²) in [6, 6.07) is 8.96. The van der Waals surface area contributed by atoms with Gasteiger partial charge < -0.3 is 10.4 Å². The lowest BCUT2D eigenvalue weighted by molar-refractivity contribution is -0.142. The molecular weight excluding hydrogens is 242 g/mol. The van der Waals surface area contributed by atoms with Crippen molar-refractivity contribution < 1.29 is 9.90 Å². The topological polar surface area (TPSA) is 75.1 Å². The van der Waals surface area contributed by atoms with Gasteiger partial charge in [-0.25, -0.2) is 14.8 Å². The van der Waals surface area contributed by atoms with Crippen molar-refractivity contribution in [3.8, 4) is 0 Å². The number of aryl methyl sites for hydroxylation is 1. The third-order valence-electron chi connectivity index (χ3n) is 2.92. The number of carboxylic acid groups (broad SMARTS) is 1. The highest BCUT2D eigenvalue weighted by Gasteiger charge is 2.35. The van der Waals surface area contributed by atoms with Gasteiger partial charge in [-0.05, 0) is 25.0 Å². The molecular formula is C14H15N3O2. The summed E-state index contributed by atoms with van der Waals surface area (Å²) < 4.78 is 0. The van der Waals surface area contributed by atoms with E-state index < -0.39 is 11.5 Å². The van der Waals surface area contributed by atoms with Crippen LogP contribution in [-0.4, -0.2) is 21.0 Å². The fraction of sp³-hybridized carbons (Fsp3) is 0.214. The van der Waals surface area contributed by atoms with Gasteiger partial charge in [-0.1, -0.05) is 30.3 Å². The van der Waals surface area contributed by atoms with Crippen molar-refractivity contribution >= 4 is 11.9 Å². The molecule has 1 atom stereocenters. The average Bonchev–Trinajstić information content (AvgIpc) is 2.42. The first-order valence-electron chi connectivity index (χ1n) is 5.88. The molecule has 2 rings (SSSR count). The molecule has 0 saturated heterocycles. The van der Waals surface area contributed by atoms with E-state index >= 15 is 0 Å². The van der Waals surface area contributed by atoms with Crippen molar-refractivity contribution in [3.05, 3.63) is 53.9 Å². The van der Waals surface area contributed by atoms with Crippen molar-refractivity contribution in [3.63, 3.8) is 0 Å². The predicted octanol–water partition coefficient (Wildman–Crippen LogP) is 2.20. The van der Waals surface area contributed by atoms with Gasteiger partial charge >= 0.3 is 5.97 Å². The maximum atomic E-state index is 11.6. The van der Waals surface area contributed by atoms with Gasteiger partial charge in [0.1, 0.15) is 0 Å². The van der Waals surface area contributed by atoms with Gasteiger partial charge in [0.05, 0.1) is 0 Å². The zero-order valence-electron chi connectivity index (χ0n) is 10.8. The molecule has 2 N–H and O–H groups in total. The maximum absolute atomic E-state index is 11.6. The molecule has 0 saturated carbocycles. The van der Waals surface area contributed by atoms with Crippen LogP contribution in [0, 0.1) is 6.92 Å². The van der Waals surface area contributed by atoms with Crippen LogP contribution < -0.4 is 5.32 Å². The summed E-state index contributed by atoms with van der Waals surface area (Å²) in [4.78, 5) is 19.7. The van der Waals surface area contributed by atoms with E-state index in [1.165, 1.54) is 0 Å². The third-order valence-corrected chi connectivity index (χ3v) is 2.92. The number of carboxylic acids is 1. The smallest absolute Gasteiger partial charge is 0.333 e. The van der Waals surface area contributed by atoms with Crippen molar-refractivity contribution in [2.24, 2.45) is 0 Å². The lowest BCUT2D eigenvalue weighted by Gasteiger charge is -2.26. The summed E-state index contributed by atoms with van der Waals surface area (Å²) in [5, 5.41) is 12.4. The molecule has 2 aromatic rings. The molecule has 5 heteroatoms. The van der Waals surface area contributed by atoms with Gasteiger partial charge in [-0.2, -0.15) is 0 Å². The SMILES string of the molecule is Cc1cnc(NC(C)(C(=O)O)c2ccccc2)nc1. The van der Waals surface area contributed by atoms with E-state index in [1.54, 1.807) is 43.6 Å². The van der Waals surface area contributed by atoms with E-state index in [9.17, 15) is 9.90 Å². The van der Waals surface area contributed by atoms with Crippen molar-refractivity contribution in [1.29, 1.82) is 0 Å². The van der Waals surface area contributed by atoms with E-state index in [2.05, 4.69) is 15.3 Å². The Balaban J connectivity index is 2.36. The Morgan fingerprint density at radius 1 is 1.21 bits per heavy atom. The number of anilines is 1. The van der Waals surface area contributed by atoms with Gasteiger partial charge in [-0.3, -0.25) is 0 Å². The normalized spacial score (nSPS) is 13.6. The molecule has 1 aromatic carbocycles. The number of nitrogens with zero attached hydrogens (tertiary/aromatic N) is 2. The van der Waals surface area contributed by atoms with Crippen LogP contribution >= 0.6 is 0 Å². The molecule has 1 heterocycles. The van der Waals surface area contributed by atoms with Crippen LogP contribution in [0.3, 0.4) is 0 Å². The first-order valence-corrected chi connectivity index (χ1v) is 5.88. The van der Waals surface area contributed by atoms with Gasteiger partial charge in [0.25, 0.3) is 0 Å². The Bertz CT molecular complexity index is 569. The fourth-order valence-corrected chi connectivity index (χ4v) is 1.70. The monoisotopic (exact) mass is 257 g/mol. The average molecular weight is 257 g/mol. The Kier molecular flexibility index (Phi) is 3.46. The van der Waals surface area contributed by atoms with E-state index in [4.69, 9.17) is 0 Å². The molecule has 1 aromatic heterocycles. The molecule has 98 valence electrons. The number of hydrogen-bond donors (Lipinski definition) is 2.